The molecule has 0 saturated heterocycles. The molecule has 0 heterocycles. The van der Waals surface area contributed by atoms with Crippen LogP contribution in [0.25, 0.3) is 6.08 Å². The van der Waals surface area contributed by atoms with Crippen molar-refractivity contribution in [3.8, 4) is 11.5 Å². The lowest BCUT2D eigenvalue weighted by atomic mass is 10.1. The van der Waals surface area contributed by atoms with Crippen molar-refractivity contribution in [3.63, 3.8) is 0 Å². The molecule has 1 aromatic rings. The minimum absolute atomic E-state index is 0.104. The first-order valence-electron chi connectivity index (χ1n) is 6.68. The first-order valence-corrected chi connectivity index (χ1v) is 6.68. The third kappa shape index (κ3) is 4.96. The maximum absolute atomic E-state index is 11.8. The van der Waals surface area contributed by atoms with Crippen molar-refractivity contribution in [1.82, 2.24) is 5.32 Å². The van der Waals surface area contributed by atoms with Gasteiger partial charge in [-0.2, -0.15) is 0 Å². The topological polar surface area (TPSA) is 47.6 Å². The monoisotopic (exact) mass is 277 g/mol. The largest absolute Gasteiger partial charge is 0.497 e. The highest BCUT2D eigenvalue weighted by molar-refractivity contribution is 5.92. The summed E-state index contributed by atoms with van der Waals surface area (Å²) < 4.78 is 10.4. The van der Waals surface area contributed by atoms with Crippen molar-refractivity contribution in [2.45, 2.75) is 26.8 Å². The molecule has 1 atom stereocenters. The Morgan fingerprint density at radius 3 is 2.10 bits per heavy atom. The highest BCUT2D eigenvalue weighted by Gasteiger charge is 2.08. The summed E-state index contributed by atoms with van der Waals surface area (Å²) in [7, 11) is 3.19. The van der Waals surface area contributed by atoms with Crippen molar-refractivity contribution >= 4 is 12.0 Å². The van der Waals surface area contributed by atoms with Crippen LogP contribution in [-0.2, 0) is 4.79 Å². The van der Waals surface area contributed by atoms with Crippen molar-refractivity contribution in [3.05, 3.63) is 29.8 Å². The number of benzene rings is 1. The number of hydrogen-bond acceptors (Lipinski definition) is 3. The van der Waals surface area contributed by atoms with Crippen molar-refractivity contribution < 1.29 is 14.3 Å². The van der Waals surface area contributed by atoms with E-state index in [1.54, 1.807) is 26.4 Å². The molecule has 0 aliphatic heterocycles. The molecule has 4 nitrogen and oxygen atoms in total. The highest BCUT2D eigenvalue weighted by Crippen LogP contribution is 2.23. The SMILES string of the molecule is COc1cc(/C=C/C(=O)NC(C)C(C)C)cc(OC)c1. The van der Waals surface area contributed by atoms with Gasteiger partial charge in [-0.05, 0) is 36.6 Å². The van der Waals surface area contributed by atoms with Crippen LogP contribution < -0.4 is 14.8 Å². The molecule has 0 aliphatic rings. The number of carbonyl (C=O) groups is 1. The van der Waals surface area contributed by atoms with E-state index in [9.17, 15) is 4.79 Å². The molecule has 1 amide bonds. The van der Waals surface area contributed by atoms with Crippen LogP contribution in [0.2, 0.25) is 0 Å². The number of nitrogens with one attached hydrogen (secondary N) is 1. The van der Waals surface area contributed by atoms with Crippen LogP contribution in [-0.4, -0.2) is 26.2 Å². The summed E-state index contributed by atoms with van der Waals surface area (Å²) in [5.41, 5.74) is 0.855. The van der Waals surface area contributed by atoms with Gasteiger partial charge in [-0.15, -0.1) is 0 Å². The van der Waals surface area contributed by atoms with Crippen LogP contribution in [0.5, 0.6) is 11.5 Å². The summed E-state index contributed by atoms with van der Waals surface area (Å²) >= 11 is 0. The molecule has 0 fully saturated rings. The predicted molar refractivity (Wildman–Crippen MR) is 81.0 cm³/mol. The van der Waals surface area contributed by atoms with E-state index in [0.29, 0.717) is 17.4 Å². The summed E-state index contributed by atoms with van der Waals surface area (Å²) in [5, 5.41) is 2.92. The molecular weight excluding hydrogens is 254 g/mol. The van der Waals surface area contributed by atoms with Gasteiger partial charge in [0.15, 0.2) is 0 Å². The quantitative estimate of drug-likeness (QED) is 0.813. The summed E-state index contributed by atoms with van der Waals surface area (Å²) in [6.45, 7) is 6.13. The maximum atomic E-state index is 11.8. The van der Waals surface area contributed by atoms with E-state index >= 15 is 0 Å². The molecule has 0 radical (unpaired) electrons. The van der Waals surface area contributed by atoms with E-state index < -0.39 is 0 Å². The highest BCUT2D eigenvalue weighted by atomic mass is 16.5. The second-order valence-corrected chi connectivity index (χ2v) is 5.02. The zero-order chi connectivity index (χ0) is 15.1. The first kappa shape index (κ1) is 16.1. The Morgan fingerprint density at radius 2 is 1.65 bits per heavy atom. The first-order chi connectivity index (χ1) is 9.46. The van der Waals surface area contributed by atoms with E-state index in [1.165, 1.54) is 6.08 Å². The van der Waals surface area contributed by atoms with Crippen LogP contribution in [0.15, 0.2) is 24.3 Å². The zero-order valence-electron chi connectivity index (χ0n) is 12.8. The standard InChI is InChI=1S/C16H23NO3/c1-11(2)12(3)17-16(18)7-6-13-8-14(19-4)10-15(9-13)20-5/h6-12H,1-5H3,(H,17,18)/b7-6+. The molecule has 0 aliphatic carbocycles. The third-order valence-corrected chi connectivity index (χ3v) is 3.17. The Morgan fingerprint density at radius 1 is 1.10 bits per heavy atom. The summed E-state index contributed by atoms with van der Waals surface area (Å²) in [6, 6.07) is 5.63. The fourth-order valence-electron chi connectivity index (χ4n) is 1.54. The summed E-state index contributed by atoms with van der Waals surface area (Å²) in [4.78, 5) is 11.8. The molecule has 0 spiro atoms. The van der Waals surface area contributed by atoms with Gasteiger partial charge in [-0.25, -0.2) is 0 Å². The molecule has 0 bridgehead atoms. The van der Waals surface area contributed by atoms with E-state index in [0.717, 1.165) is 5.56 Å². The van der Waals surface area contributed by atoms with Gasteiger partial charge in [-0.3, -0.25) is 4.79 Å². The lowest BCUT2D eigenvalue weighted by molar-refractivity contribution is -0.117. The Bertz CT molecular complexity index is 458. The molecule has 20 heavy (non-hydrogen) atoms. The number of amides is 1. The predicted octanol–water partition coefficient (Wildman–Crippen LogP) is 2.88. The number of hydrogen-bond donors (Lipinski definition) is 1. The molecule has 1 rings (SSSR count). The lowest BCUT2D eigenvalue weighted by Crippen LogP contribution is -2.34. The van der Waals surface area contributed by atoms with Crippen LogP contribution >= 0.6 is 0 Å². The number of ether oxygens (including phenoxy) is 2. The maximum Gasteiger partial charge on any atom is 0.244 e. The van der Waals surface area contributed by atoms with Gasteiger partial charge in [0.25, 0.3) is 0 Å². The molecule has 1 aromatic carbocycles. The van der Waals surface area contributed by atoms with Crippen LogP contribution in [0.4, 0.5) is 0 Å². The molecule has 110 valence electrons. The molecule has 4 heteroatoms. The Kier molecular flexibility index (Phi) is 6.10. The lowest BCUT2D eigenvalue weighted by Gasteiger charge is -2.15. The fourth-order valence-corrected chi connectivity index (χ4v) is 1.54. The zero-order valence-corrected chi connectivity index (χ0v) is 12.8. The van der Waals surface area contributed by atoms with Gasteiger partial charge in [-0.1, -0.05) is 13.8 Å². The van der Waals surface area contributed by atoms with Crippen molar-refractivity contribution in [2.24, 2.45) is 5.92 Å². The van der Waals surface area contributed by atoms with Crippen molar-refractivity contribution in [1.29, 1.82) is 0 Å². The minimum atomic E-state index is -0.104. The minimum Gasteiger partial charge on any atom is -0.497 e. The van der Waals surface area contributed by atoms with Crippen molar-refractivity contribution in [2.75, 3.05) is 14.2 Å². The Labute approximate surface area is 120 Å². The third-order valence-electron chi connectivity index (χ3n) is 3.17. The molecule has 1 unspecified atom stereocenters. The van der Waals surface area contributed by atoms with Crippen LogP contribution in [0.3, 0.4) is 0 Å². The molecule has 0 saturated carbocycles. The Hall–Kier alpha value is -1.97. The van der Waals surface area contributed by atoms with Gasteiger partial charge in [0, 0.05) is 18.2 Å². The normalized spacial score (nSPS) is 12.5. The average molecular weight is 277 g/mol. The van der Waals surface area contributed by atoms with E-state index in [1.807, 2.05) is 19.1 Å². The summed E-state index contributed by atoms with van der Waals surface area (Å²) in [6.07, 6.45) is 3.26. The molecular formula is C16H23NO3. The Balaban J connectivity index is 2.76. The smallest absolute Gasteiger partial charge is 0.244 e. The second-order valence-electron chi connectivity index (χ2n) is 5.02. The fraction of sp³-hybridized carbons (Fsp3) is 0.438. The van der Waals surface area contributed by atoms with Gasteiger partial charge in [0.2, 0.25) is 5.91 Å². The number of carbonyl (C=O) groups excluding carboxylic acids is 1. The number of methoxy groups -OCH3 is 2. The van der Waals surface area contributed by atoms with Gasteiger partial charge in [0.1, 0.15) is 11.5 Å². The van der Waals surface area contributed by atoms with Gasteiger partial charge in [0.05, 0.1) is 14.2 Å². The molecule has 0 aromatic heterocycles. The van der Waals surface area contributed by atoms with Crippen LogP contribution in [0.1, 0.15) is 26.3 Å². The van der Waals surface area contributed by atoms with E-state index in [2.05, 4.69) is 19.2 Å². The van der Waals surface area contributed by atoms with Gasteiger partial charge < -0.3 is 14.8 Å². The van der Waals surface area contributed by atoms with E-state index in [4.69, 9.17) is 9.47 Å². The van der Waals surface area contributed by atoms with E-state index in [-0.39, 0.29) is 11.9 Å². The second kappa shape index (κ2) is 7.58. The summed E-state index contributed by atoms with van der Waals surface area (Å²) in [5.74, 6) is 1.69. The number of rotatable bonds is 6. The van der Waals surface area contributed by atoms with Gasteiger partial charge >= 0.3 is 0 Å². The molecule has 1 N–H and O–H groups in total. The average Bonchev–Trinajstić information content (AvgIpc) is 2.44. The van der Waals surface area contributed by atoms with Crippen LogP contribution in [0, 0.1) is 5.92 Å².